The Morgan fingerprint density at radius 1 is 1.29 bits per heavy atom. The number of carbonyl (C=O) groups excluding carboxylic acids is 2. The van der Waals surface area contributed by atoms with E-state index in [2.05, 4.69) is 5.32 Å². The van der Waals surface area contributed by atoms with Crippen molar-refractivity contribution >= 4 is 17.6 Å². The van der Waals surface area contributed by atoms with Crippen molar-refractivity contribution in [3.05, 3.63) is 23.8 Å². The van der Waals surface area contributed by atoms with Gasteiger partial charge in [-0.1, -0.05) is 13.8 Å². The third-order valence-electron chi connectivity index (χ3n) is 3.19. The molecule has 0 fully saturated rings. The summed E-state index contributed by atoms with van der Waals surface area (Å²) >= 11 is 0. The zero-order valence-corrected chi connectivity index (χ0v) is 12.8. The van der Waals surface area contributed by atoms with Crippen molar-refractivity contribution in [1.82, 2.24) is 5.32 Å². The number of benzene rings is 1. The number of anilines is 1. The highest BCUT2D eigenvalue weighted by atomic mass is 16.5. The van der Waals surface area contributed by atoms with Crippen LogP contribution in [0.1, 0.15) is 31.1 Å². The van der Waals surface area contributed by atoms with Gasteiger partial charge in [0.1, 0.15) is 5.75 Å². The molecule has 0 saturated heterocycles. The van der Waals surface area contributed by atoms with Gasteiger partial charge in [0, 0.05) is 6.04 Å². The van der Waals surface area contributed by atoms with Crippen LogP contribution in [0, 0.1) is 5.92 Å². The van der Waals surface area contributed by atoms with Crippen molar-refractivity contribution in [2.45, 2.75) is 26.8 Å². The van der Waals surface area contributed by atoms with Gasteiger partial charge in [0.25, 0.3) is 5.91 Å². The van der Waals surface area contributed by atoms with Gasteiger partial charge in [0.2, 0.25) is 0 Å². The predicted molar refractivity (Wildman–Crippen MR) is 80.1 cm³/mol. The van der Waals surface area contributed by atoms with E-state index in [4.69, 9.17) is 15.2 Å². The molecule has 0 aliphatic carbocycles. The van der Waals surface area contributed by atoms with Crippen LogP contribution in [0.5, 0.6) is 5.75 Å². The number of carbonyl (C=O) groups is 2. The SMILES string of the molecule is COc1ccc(C(=O)OCC(=O)NC(C)C(C)C)cc1N. The van der Waals surface area contributed by atoms with Crippen molar-refractivity contribution in [3.63, 3.8) is 0 Å². The Morgan fingerprint density at radius 2 is 1.95 bits per heavy atom. The number of nitrogen functional groups attached to an aromatic ring is 1. The Morgan fingerprint density at radius 3 is 2.48 bits per heavy atom. The van der Waals surface area contributed by atoms with E-state index in [0.717, 1.165) is 0 Å². The van der Waals surface area contributed by atoms with E-state index < -0.39 is 5.97 Å². The first-order valence-corrected chi connectivity index (χ1v) is 6.75. The molecule has 0 aliphatic rings. The highest BCUT2D eigenvalue weighted by Gasteiger charge is 2.14. The Bertz CT molecular complexity index is 514. The average molecular weight is 294 g/mol. The van der Waals surface area contributed by atoms with Crippen LogP contribution in [0.3, 0.4) is 0 Å². The van der Waals surface area contributed by atoms with E-state index in [9.17, 15) is 9.59 Å². The lowest BCUT2D eigenvalue weighted by Crippen LogP contribution is -2.38. The van der Waals surface area contributed by atoms with Crippen LogP contribution >= 0.6 is 0 Å². The minimum Gasteiger partial charge on any atom is -0.495 e. The summed E-state index contributed by atoms with van der Waals surface area (Å²) < 4.78 is 9.95. The van der Waals surface area contributed by atoms with Gasteiger partial charge in [-0.05, 0) is 31.0 Å². The molecule has 0 bridgehead atoms. The van der Waals surface area contributed by atoms with Gasteiger partial charge >= 0.3 is 5.97 Å². The van der Waals surface area contributed by atoms with Crippen molar-refractivity contribution in [2.75, 3.05) is 19.5 Å². The third-order valence-corrected chi connectivity index (χ3v) is 3.19. The predicted octanol–water partition coefficient (Wildman–Crippen LogP) is 1.59. The van der Waals surface area contributed by atoms with Crippen molar-refractivity contribution in [1.29, 1.82) is 0 Å². The fourth-order valence-corrected chi connectivity index (χ4v) is 1.54. The van der Waals surface area contributed by atoms with Gasteiger partial charge in [-0.2, -0.15) is 0 Å². The molecule has 116 valence electrons. The lowest BCUT2D eigenvalue weighted by molar-refractivity contribution is -0.125. The Balaban J connectivity index is 2.54. The molecule has 6 heteroatoms. The molecule has 0 spiro atoms. The molecule has 1 aromatic rings. The van der Waals surface area contributed by atoms with Gasteiger partial charge in [-0.3, -0.25) is 4.79 Å². The second-order valence-corrected chi connectivity index (χ2v) is 5.13. The molecule has 1 unspecified atom stereocenters. The summed E-state index contributed by atoms with van der Waals surface area (Å²) in [6.45, 7) is 5.57. The minimum absolute atomic E-state index is 0.0211. The molecular weight excluding hydrogens is 272 g/mol. The van der Waals surface area contributed by atoms with Crippen LogP contribution in [-0.2, 0) is 9.53 Å². The van der Waals surface area contributed by atoms with E-state index in [1.807, 2.05) is 20.8 Å². The van der Waals surface area contributed by atoms with Gasteiger partial charge in [-0.15, -0.1) is 0 Å². The number of amides is 1. The summed E-state index contributed by atoms with van der Waals surface area (Å²) in [7, 11) is 1.49. The molecule has 3 N–H and O–H groups in total. The van der Waals surface area contributed by atoms with Crippen LogP contribution in [-0.4, -0.2) is 31.6 Å². The van der Waals surface area contributed by atoms with E-state index >= 15 is 0 Å². The molecule has 0 aromatic heterocycles. The van der Waals surface area contributed by atoms with E-state index in [-0.39, 0.29) is 24.1 Å². The molecule has 0 heterocycles. The zero-order valence-electron chi connectivity index (χ0n) is 12.8. The molecule has 6 nitrogen and oxygen atoms in total. The van der Waals surface area contributed by atoms with E-state index in [1.165, 1.54) is 19.2 Å². The summed E-state index contributed by atoms with van der Waals surface area (Å²) in [5, 5.41) is 2.75. The molecular formula is C15H22N2O4. The smallest absolute Gasteiger partial charge is 0.338 e. The second kappa shape index (κ2) is 7.52. The number of ether oxygens (including phenoxy) is 2. The third kappa shape index (κ3) is 4.98. The molecule has 1 amide bonds. The fourth-order valence-electron chi connectivity index (χ4n) is 1.54. The normalized spacial score (nSPS) is 11.9. The Hall–Kier alpha value is -2.24. The second-order valence-electron chi connectivity index (χ2n) is 5.13. The summed E-state index contributed by atoms with van der Waals surface area (Å²) in [5.41, 5.74) is 6.33. The zero-order chi connectivity index (χ0) is 16.0. The summed E-state index contributed by atoms with van der Waals surface area (Å²) in [6.07, 6.45) is 0. The number of methoxy groups -OCH3 is 1. The van der Waals surface area contributed by atoms with E-state index in [0.29, 0.717) is 17.4 Å². The maximum atomic E-state index is 11.8. The van der Waals surface area contributed by atoms with Crippen molar-refractivity contribution in [3.8, 4) is 5.75 Å². The summed E-state index contributed by atoms with van der Waals surface area (Å²) in [5.74, 6) is -0.135. The number of rotatable bonds is 6. The quantitative estimate of drug-likeness (QED) is 0.614. The largest absolute Gasteiger partial charge is 0.495 e. The number of nitrogens with one attached hydrogen (secondary N) is 1. The van der Waals surface area contributed by atoms with Gasteiger partial charge in [-0.25, -0.2) is 4.79 Å². The summed E-state index contributed by atoms with van der Waals surface area (Å²) in [4.78, 5) is 23.5. The van der Waals surface area contributed by atoms with Crippen LogP contribution in [0.15, 0.2) is 18.2 Å². The van der Waals surface area contributed by atoms with Gasteiger partial charge in [0.05, 0.1) is 18.4 Å². The molecule has 1 atom stereocenters. The minimum atomic E-state index is -0.600. The molecule has 0 radical (unpaired) electrons. The first-order chi connectivity index (χ1) is 9.85. The highest BCUT2D eigenvalue weighted by molar-refractivity contribution is 5.92. The number of esters is 1. The monoisotopic (exact) mass is 294 g/mol. The van der Waals surface area contributed by atoms with Crippen LogP contribution in [0.4, 0.5) is 5.69 Å². The lowest BCUT2D eigenvalue weighted by atomic mass is 10.1. The van der Waals surface area contributed by atoms with Gasteiger partial charge < -0.3 is 20.5 Å². The highest BCUT2D eigenvalue weighted by Crippen LogP contribution is 2.22. The number of hydrogen-bond donors (Lipinski definition) is 2. The van der Waals surface area contributed by atoms with Crippen molar-refractivity contribution in [2.24, 2.45) is 5.92 Å². The van der Waals surface area contributed by atoms with Crippen LogP contribution in [0.25, 0.3) is 0 Å². The van der Waals surface area contributed by atoms with Crippen LogP contribution in [0.2, 0.25) is 0 Å². The average Bonchev–Trinajstić information content (AvgIpc) is 2.44. The molecule has 21 heavy (non-hydrogen) atoms. The topological polar surface area (TPSA) is 90.6 Å². The summed E-state index contributed by atoms with van der Waals surface area (Å²) in [6, 6.07) is 4.59. The first-order valence-electron chi connectivity index (χ1n) is 6.75. The molecule has 0 aliphatic heterocycles. The van der Waals surface area contributed by atoms with E-state index in [1.54, 1.807) is 6.07 Å². The first kappa shape index (κ1) is 16.8. The maximum Gasteiger partial charge on any atom is 0.338 e. The standard InChI is InChI=1S/C15H22N2O4/c1-9(2)10(3)17-14(18)8-21-15(19)11-5-6-13(20-4)12(16)7-11/h5-7,9-10H,8,16H2,1-4H3,(H,17,18). The Labute approximate surface area is 124 Å². The maximum absolute atomic E-state index is 11.8. The van der Waals surface area contributed by atoms with Crippen molar-refractivity contribution < 1.29 is 19.1 Å². The number of nitrogens with two attached hydrogens (primary N) is 1. The Kier molecular flexibility index (Phi) is 6.02. The molecule has 1 rings (SSSR count). The molecule has 0 saturated carbocycles. The fraction of sp³-hybridized carbons (Fsp3) is 0.467. The van der Waals surface area contributed by atoms with Crippen LogP contribution < -0.4 is 15.8 Å². The number of hydrogen-bond acceptors (Lipinski definition) is 5. The molecule has 1 aromatic carbocycles. The lowest BCUT2D eigenvalue weighted by Gasteiger charge is -2.17. The van der Waals surface area contributed by atoms with Gasteiger partial charge in [0.15, 0.2) is 6.61 Å².